The number of hydrogen-bond acceptors (Lipinski definition) is 5. The zero-order valence-electron chi connectivity index (χ0n) is 14.8. The smallest absolute Gasteiger partial charge is 0.338 e. The molecule has 0 amide bonds. The first-order chi connectivity index (χ1) is 13.1. The Kier molecular flexibility index (Phi) is 4.19. The number of methoxy groups -OCH3 is 1. The van der Waals surface area contributed by atoms with E-state index in [4.69, 9.17) is 4.74 Å². The van der Waals surface area contributed by atoms with Gasteiger partial charge in [0, 0.05) is 11.3 Å². The van der Waals surface area contributed by atoms with Crippen LogP contribution in [0, 0.1) is 5.82 Å². The van der Waals surface area contributed by atoms with Gasteiger partial charge in [-0.25, -0.2) is 13.9 Å². The maximum atomic E-state index is 13.4. The second kappa shape index (κ2) is 6.68. The molecule has 2 aromatic carbocycles. The second-order valence-electron chi connectivity index (χ2n) is 6.18. The fraction of sp³-hybridized carbons (Fsp3) is 0.150. The monoisotopic (exact) mass is 364 g/mol. The van der Waals surface area contributed by atoms with E-state index >= 15 is 0 Å². The topological polar surface area (TPSA) is 69.0 Å². The maximum absolute atomic E-state index is 13.4. The van der Waals surface area contributed by atoms with E-state index in [1.54, 1.807) is 23.7 Å². The van der Waals surface area contributed by atoms with Crippen molar-refractivity contribution in [3.8, 4) is 11.4 Å². The first-order valence-corrected chi connectivity index (χ1v) is 8.42. The zero-order valence-corrected chi connectivity index (χ0v) is 14.8. The van der Waals surface area contributed by atoms with Crippen LogP contribution in [-0.2, 0) is 9.53 Å². The van der Waals surface area contributed by atoms with Crippen molar-refractivity contribution in [2.24, 2.45) is 0 Å². The molecule has 1 atom stereocenters. The third kappa shape index (κ3) is 2.97. The first kappa shape index (κ1) is 17.0. The summed E-state index contributed by atoms with van der Waals surface area (Å²) in [6.45, 7) is 1.78. The van der Waals surface area contributed by atoms with E-state index < -0.39 is 12.0 Å². The lowest BCUT2D eigenvalue weighted by Crippen LogP contribution is -2.29. The number of carbonyl (C=O) groups excluding carboxylic acids is 1. The van der Waals surface area contributed by atoms with Crippen LogP contribution in [0.4, 0.5) is 10.3 Å². The molecular weight excluding hydrogens is 347 g/mol. The van der Waals surface area contributed by atoms with E-state index in [-0.39, 0.29) is 5.82 Å². The molecule has 0 bridgehead atoms. The van der Waals surface area contributed by atoms with Gasteiger partial charge in [-0.05, 0) is 24.6 Å². The number of allylic oxidation sites excluding steroid dienone is 1. The number of fused-ring (bicyclic) bond motifs is 1. The highest BCUT2D eigenvalue weighted by Gasteiger charge is 2.35. The van der Waals surface area contributed by atoms with Crippen LogP contribution in [0.25, 0.3) is 11.4 Å². The summed E-state index contributed by atoms with van der Waals surface area (Å²) in [5, 5.41) is 7.73. The predicted octanol–water partition coefficient (Wildman–Crippen LogP) is 3.55. The van der Waals surface area contributed by atoms with Gasteiger partial charge < -0.3 is 10.1 Å². The fourth-order valence-corrected chi connectivity index (χ4v) is 3.19. The van der Waals surface area contributed by atoms with Crippen LogP contribution in [0.3, 0.4) is 0 Å². The van der Waals surface area contributed by atoms with Crippen molar-refractivity contribution in [2.75, 3.05) is 12.4 Å². The molecule has 1 N–H and O–H groups in total. The van der Waals surface area contributed by atoms with Crippen LogP contribution in [0.2, 0.25) is 0 Å². The van der Waals surface area contributed by atoms with Gasteiger partial charge in [0.25, 0.3) is 0 Å². The molecule has 27 heavy (non-hydrogen) atoms. The Balaban J connectivity index is 1.88. The van der Waals surface area contributed by atoms with Crippen LogP contribution >= 0.6 is 0 Å². The molecule has 1 aromatic heterocycles. The molecular formula is C20H17FN4O2. The number of rotatable bonds is 3. The average molecular weight is 364 g/mol. The largest absolute Gasteiger partial charge is 0.466 e. The fourth-order valence-electron chi connectivity index (χ4n) is 3.19. The van der Waals surface area contributed by atoms with E-state index in [2.05, 4.69) is 15.4 Å². The Morgan fingerprint density at radius 1 is 1.15 bits per heavy atom. The van der Waals surface area contributed by atoms with E-state index in [1.807, 2.05) is 30.3 Å². The van der Waals surface area contributed by atoms with Gasteiger partial charge in [-0.1, -0.05) is 42.5 Å². The number of carbonyl (C=O) groups is 1. The van der Waals surface area contributed by atoms with Crippen molar-refractivity contribution in [3.63, 3.8) is 0 Å². The Morgan fingerprint density at radius 3 is 2.52 bits per heavy atom. The average Bonchev–Trinajstić information content (AvgIpc) is 3.11. The summed E-state index contributed by atoms with van der Waals surface area (Å²) in [7, 11) is 1.33. The lowest BCUT2D eigenvalue weighted by Gasteiger charge is -2.27. The third-order valence-corrected chi connectivity index (χ3v) is 4.48. The van der Waals surface area contributed by atoms with E-state index in [9.17, 15) is 9.18 Å². The number of hydrogen-bond donors (Lipinski definition) is 1. The number of ether oxygens (including phenoxy) is 1. The standard InChI is InChI=1S/C20H17FN4O2/c1-12-16(19(26)27-2)17(13-8-10-15(21)11-9-13)25-20(22-12)23-18(24-25)14-6-4-3-5-7-14/h3-11,17H,1-2H3,(H,22,23,24). The number of halogens is 1. The Hall–Kier alpha value is -3.48. The van der Waals surface area contributed by atoms with Gasteiger partial charge >= 0.3 is 5.97 Å². The lowest BCUT2D eigenvalue weighted by atomic mass is 9.96. The number of nitrogens with zero attached hydrogens (tertiary/aromatic N) is 3. The van der Waals surface area contributed by atoms with Gasteiger partial charge in [0.1, 0.15) is 11.9 Å². The molecule has 3 aromatic rings. The van der Waals surface area contributed by atoms with Gasteiger partial charge in [-0.3, -0.25) is 0 Å². The van der Waals surface area contributed by atoms with Crippen molar-refractivity contribution in [1.82, 2.24) is 14.8 Å². The summed E-state index contributed by atoms with van der Waals surface area (Å²) in [5.74, 6) is 0.214. The molecule has 0 fully saturated rings. The first-order valence-electron chi connectivity index (χ1n) is 8.42. The van der Waals surface area contributed by atoms with Crippen molar-refractivity contribution in [2.45, 2.75) is 13.0 Å². The summed E-state index contributed by atoms with van der Waals surface area (Å²) < 4.78 is 20.0. The van der Waals surface area contributed by atoms with Gasteiger partial charge in [0.2, 0.25) is 5.95 Å². The maximum Gasteiger partial charge on any atom is 0.338 e. The lowest BCUT2D eigenvalue weighted by molar-refractivity contribution is -0.136. The Bertz CT molecular complexity index is 1030. The number of esters is 1. The van der Waals surface area contributed by atoms with Crippen molar-refractivity contribution < 1.29 is 13.9 Å². The normalized spacial score (nSPS) is 15.9. The predicted molar refractivity (Wildman–Crippen MR) is 98.3 cm³/mol. The summed E-state index contributed by atoms with van der Waals surface area (Å²) in [4.78, 5) is 17.0. The number of aromatic nitrogens is 3. The summed E-state index contributed by atoms with van der Waals surface area (Å²) in [6, 6.07) is 15.0. The molecule has 7 heteroatoms. The number of nitrogens with one attached hydrogen (secondary N) is 1. The minimum absolute atomic E-state index is 0.350. The summed E-state index contributed by atoms with van der Waals surface area (Å²) >= 11 is 0. The summed E-state index contributed by atoms with van der Waals surface area (Å²) in [5.41, 5.74) is 2.59. The van der Waals surface area contributed by atoms with E-state index in [0.29, 0.717) is 28.6 Å². The van der Waals surface area contributed by atoms with Crippen LogP contribution < -0.4 is 5.32 Å². The van der Waals surface area contributed by atoms with Crippen molar-refractivity contribution in [1.29, 1.82) is 0 Å². The molecule has 1 aliphatic heterocycles. The van der Waals surface area contributed by atoms with Crippen LogP contribution in [0.1, 0.15) is 18.5 Å². The minimum atomic E-state index is -0.570. The van der Waals surface area contributed by atoms with Crippen molar-refractivity contribution in [3.05, 3.63) is 77.2 Å². The highest BCUT2D eigenvalue weighted by molar-refractivity contribution is 5.92. The molecule has 4 rings (SSSR count). The highest BCUT2D eigenvalue weighted by Crippen LogP contribution is 2.36. The molecule has 1 aliphatic rings. The molecule has 2 heterocycles. The summed E-state index contributed by atoms with van der Waals surface area (Å²) in [6.07, 6.45) is 0. The molecule has 0 aliphatic carbocycles. The SMILES string of the molecule is COC(=O)C1=C(C)Nc2nc(-c3ccccc3)nn2C1c1ccc(F)cc1. The van der Waals surface area contributed by atoms with Gasteiger partial charge in [-0.15, -0.1) is 5.10 Å². The van der Waals surface area contributed by atoms with E-state index in [0.717, 1.165) is 5.56 Å². The molecule has 0 radical (unpaired) electrons. The third-order valence-electron chi connectivity index (χ3n) is 4.48. The van der Waals surface area contributed by atoms with Crippen LogP contribution in [-0.4, -0.2) is 27.8 Å². The molecule has 6 nitrogen and oxygen atoms in total. The van der Waals surface area contributed by atoms with Crippen molar-refractivity contribution >= 4 is 11.9 Å². The minimum Gasteiger partial charge on any atom is -0.466 e. The number of benzene rings is 2. The highest BCUT2D eigenvalue weighted by atomic mass is 19.1. The van der Waals surface area contributed by atoms with Gasteiger partial charge in [0.05, 0.1) is 12.7 Å². The number of anilines is 1. The molecule has 0 spiro atoms. The molecule has 0 saturated carbocycles. The Morgan fingerprint density at radius 2 is 1.85 bits per heavy atom. The molecule has 136 valence electrons. The van der Waals surface area contributed by atoms with Crippen LogP contribution in [0.15, 0.2) is 65.9 Å². The zero-order chi connectivity index (χ0) is 19.0. The Labute approximate surface area is 155 Å². The quantitative estimate of drug-likeness (QED) is 0.720. The van der Waals surface area contributed by atoms with Gasteiger partial charge in [-0.2, -0.15) is 4.98 Å². The van der Waals surface area contributed by atoms with E-state index in [1.165, 1.54) is 19.2 Å². The molecule has 0 saturated heterocycles. The van der Waals surface area contributed by atoms with Crippen LogP contribution in [0.5, 0.6) is 0 Å². The molecule has 1 unspecified atom stereocenters. The van der Waals surface area contributed by atoms with Gasteiger partial charge in [0.15, 0.2) is 5.82 Å². The second-order valence-corrected chi connectivity index (χ2v) is 6.18.